The van der Waals surface area contributed by atoms with Crippen LogP contribution in [0.15, 0.2) is 49.4 Å². The number of methoxy groups -OCH3 is 1. The molecule has 3 aromatic rings. The molecular weight excluding hydrogens is 411 g/mol. The molecule has 32 heavy (non-hydrogen) atoms. The van der Waals surface area contributed by atoms with Crippen molar-refractivity contribution in [2.75, 3.05) is 25.5 Å². The molecule has 3 aromatic heterocycles. The maximum atomic E-state index is 14.2. The first-order valence-corrected chi connectivity index (χ1v) is 10.6. The predicted molar refractivity (Wildman–Crippen MR) is 120 cm³/mol. The quantitative estimate of drug-likeness (QED) is 0.413. The average Bonchev–Trinajstić information content (AvgIpc) is 3.44. The summed E-state index contributed by atoms with van der Waals surface area (Å²) in [5.74, 6) is 2.55. The van der Waals surface area contributed by atoms with Crippen molar-refractivity contribution in [3.63, 3.8) is 0 Å². The van der Waals surface area contributed by atoms with E-state index in [1.54, 1.807) is 30.0 Å². The maximum absolute atomic E-state index is 14.2. The fourth-order valence-corrected chi connectivity index (χ4v) is 3.83. The predicted octanol–water partition coefficient (Wildman–Crippen LogP) is 3.48. The molecule has 1 saturated carbocycles. The van der Waals surface area contributed by atoms with Crippen LogP contribution in [0, 0.1) is 0 Å². The normalized spacial score (nSPS) is 20.3. The number of pyridine rings is 1. The molecule has 166 valence electrons. The summed E-state index contributed by atoms with van der Waals surface area (Å²) in [5.41, 5.74) is 2.87. The molecule has 2 N–H and O–H groups in total. The second-order valence-electron chi connectivity index (χ2n) is 8.06. The van der Waals surface area contributed by atoms with E-state index in [1.165, 1.54) is 6.08 Å². The highest BCUT2D eigenvalue weighted by molar-refractivity contribution is 5.65. The molecule has 8 nitrogen and oxygen atoms in total. The highest BCUT2D eigenvalue weighted by atomic mass is 19.1. The summed E-state index contributed by atoms with van der Waals surface area (Å²) in [6.07, 6.45) is 4.43. The monoisotopic (exact) mass is 436 g/mol. The minimum Gasteiger partial charge on any atom is -0.495 e. The van der Waals surface area contributed by atoms with Crippen molar-refractivity contribution in [2.24, 2.45) is 0 Å². The molecule has 0 radical (unpaired) electrons. The van der Waals surface area contributed by atoms with Gasteiger partial charge in [-0.2, -0.15) is 5.10 Å². The van der Waals surface area contributed by atoms with E-state index < -0.39 is 6.17 Å². The lowest BCUT2D eigenvalue weighted by atomic mass is 10.2. The fourth-order valence-electron chi connectivity index (χ4n) is 3.83. The van der Waals surface area contributed by atoms with Gasteiger partial charge in [0.05, 0.1) is 25.0 Å². The van der Waals surface area contributed by atoms with Crippen molar-refractivity contribution in [3.05, 3.63) is 55.1 Å². The first-order valence-electron chi connectivity index (χ1n) is 10.6. The molecule has 2 aliphatic rings. The van der Waals surface area contributed by atoms with Gasteiger partial charge in [-0.05, 0) is 18.9 Å². The van der Waals surface area contributed by atoms with Crippen LogP contribution in [0.25, 0.3) is 17.0 Å². The van der Waals surface area contributed by atoms with Crippen LogP contribution >= 0.6 is 0 Å². The van der Waals surface area contributed by atoms with Crippen molar-refractivity contribution in [1.82, 2.24) is 24.9 Å². The molecule has 1 saturated heterocycles. The minimum absolute atomic E-state index is 0.316. The van der Waals surface area contributed by atoms with Gasteiger partial charge in [0.2, 0.25) is 0 Å². The highest BCUT2D eigenvalue weighted by Gasteiger charge is 2.30. The Hall–Kier alpha value is -3.46. The lowest BCUT2D eigenvalue weighted by molar-refractivity contribution is 0.342. The number of ether oxygens (including phenoxy) is 2. The number of imidazole rings is 1. The van der Waals surface area contributed by atoms with Crippen molar-refractivity contribution >= 4 is 11.5 Å². The number of hydrogen-bond donors (Lipinski definition) is 2. The Balaban J connectivity index is 1.58. The summed E-state index contributed by atoms with van der Waals surface area (Å²) in [4.78, 5) is 9.21. The molecule has 1 aliphatic heterocycles. The van der Waals surface area contributed by atoms with Crippen LogP contribution in [0.2, 0.25) is 0 Å². The number of allylic oxidation sites excluding steroid dienone is 1. The topological polar surface area (TPSA) is 85.6 Å². The highest BCUT2D eigenvalue weighted by Crippen LogP contribution is 2.43. The summed E-state index contributed by atoms with van der Waals surface area (Å²) in [6.45, 7) is 8.34. The number of halogens is 1. The number of nitrogens with zero attached hydrogens (tertiary/aromatic N) is 4. The van der Waals surface area contributed by atoms with Crippen molar-refractivity contribution < 1.29 is 13.9 Å². The summed E-state index contributed by atoms with van der Waals surface area (Å²) in [7, 11) is 1.64. The van der Waals surface area contributed by atoms with Gasteiger partial charge in [-0.25, -0.2) is 18.9 Å². The van der Waals surface area contributed by atoms with Crippen LogP contribution in [0.4, 0.5) is 10.2 Å². The number of fused-ring (bicyclic) bond motifs is 1. The van der Waals surface area contributed by atoms with Gasteiger partial charge in [0.25, 0.3) is 0 Å². The Morgan fingerprint density at radius 1 is 1.31 bits per heavy atom. The summed E-state index contributed by atoms with van der Waals surface area (Å²) < 4.78 is 27.2. The van der Waals surface area contributed by atoms with Crippen LogP contribution in [0.3, 0.4) is 0 Å². The Labute approximate surface area is 185 Å². The molecule has 1 aliphatic carbocycles. The zero-order valence-corrected chi connectivity index (χ0v) is 17.8. The van der Waals surface area contributed by atoms with E-state index in [0.717, 1.165) is 24.3 Å². The number of rotatable bonds is 8. The maximum Gasteiger partial charge on any atom is 0.157 e. The first kappa shape index (κ1) is 20.4. The van der Waals surface area contributed by atoms with Crippen LogP contribution in [0.5, 0.6) is 11.5 Å². The van der Waals surface area contributed by atoms with E-state index in [0.29, 0.717) is 53.4 Å². The van der Waals surface area contributed by atoms with E-state index in [2.05, 4.69) is 28.8 Å². The van der Waals surface area contributed by atoms with Gasteiger partial charge in [-0.15, -0.1) is 0 Å². The van der Waals surface area contributed by atoms with E-state index in [1.807, 2.05) is 6.07 Å². The summed E-state index contributed by atoms with van der Waals surface area (Å²) in [6, 6.07) is 5.02. The van der Waals surface area contributed by atoms with Gasteiger partial charge in [0.1, 0.15) is 40.6 Å². The molecule has 0 bridgehead atoms. The molecule has 9 heteroatoms. The van der Waals surface area contributed by atoms with Crippen molar-refractivity contribution in [1.29, 1.82) is 0 Å². The van der Waals surface area contributed by atoms with Gasteiger partial charge in [-0.1, -0.05) is 13.2 Å². The minimum atomic E-state index is -1.00. The van der Waals surface area contributed by atoms with Gasteiger partial charge in [0.15, 0.2) is 5.65 Å². The molecule has 5 rings (SSSR count). The number of alkyl halides is 1. The number of anilines is 1. The summed E-state index contributed by atoms with van der Waals surface area (Å²) >= 11 is 0. The fraction of sp³-hybridized carbons (Fsp3) is 0.348. The lowest BCUT2D eigenvalue weighted by Gasteiger charge is -2.17. The third-order valence-electron chi connectivity index (χ3n) is 5.68. The molecular formula is C23H25FN6O2. The summed E-state index contributed by atoms with van der Waals surface area (Å²) in [5, 5.41) is 11.0. The second kappa shape index (κ2) is 8.23. The molecule has 2 fully saturated rings. The Kier molecular flexibility index (Phi) is 5.26. The molecule has 2 atom stereocenters. The van der Waals surface area contributed by atoms with Crippen LogP contribution in [-0.2, 0) is 0 Å². The smallest absolute Gasteiger partial charge is 0.157 e. The van der Waals surface area contributed by atoms with Gasteiger partial charge < -0.3 is 20.1 Å². The molecule has 0 spiro atoms. The Bertz CT molecular complexity index is 1190. The second-order valence-corrected chi connectivity index (χ2v) is 8.06. The Morgan fingerprint density at radius 2 is 2.16 bits per heavy atom. The molecule has 0 unspecified atom stereocenters. The largest absolute Gasteiger partial charge is 0.495 e. The van der Waals surface area contributed by atoms with Crippen LogP contribution in [-0.4, -0.2) is 52.0 Å². The third kappa shape index (κ3) is 3.91. The molecule has 4 heterocycles. The van der Waals surface area contributed by atoms with Crippen LogP contribution < -0.4 is 20.1 Å². The van der Waals surface area contributed by atoms with Crippen LogP contribution in [0.1, 0.15) is 24.5 Å². The van der Waals surface area contributed by atoms with Gasteiger partial charge >= 0.3 is 0 Å². The zero-order valence-electron chi connectivity index (χ0n) is 17.8. The standard InChI is InChI=1S/C23H25FN6O2/c1-4-13(2)32-15-7-17(27-21(8-15)28-18-11-25-10-16(18)24)19-12-26-22-9-20(31-3)23(14-5-6-14)29-30(19)22/h4,7-9,12,14,16,18,25H,1-2,5-6,10-11H2,3H3,(H,27,28)/t16-,18-/m0/s1. The SMILES string of the molecule is C=CC(=C)Oc1cc(N[C@H]2CNC[C@@H]2F)nc(-c2cnc3cc(OC)c(C4CC4)nn23)c1. The van der Waals surface area contributed by atoms with E-state index in [4.69, 9.17) is 19.6 Å². The van der Waals surface area contributed by atoms with Crippen molar-refractivity contribution in [3.8, 4) is 22.9 Å². The van der Waals surface area contributed by atoms with Crippen molar-refractivity contribution in [2.45, 2.75) is 31.0 Å². The van der Waals surface area contributed by atoms with E-state index in [9.17, 15) is 4.39 Å². The van der Waals surface area contributed by atoms with Gasteiger partial charge in [-0.3, -0.25) is 0 Å². The van der Waals surface area contributed by atoms with E-state index >= 15 is 0 Å². The average molecular weight is 436 g/mol. The number of hydrogen-bond acceptors (Lipinski definition) is 7. The number of aromatic nitrogens is 4. The molecule has 0 amide bonds. The number of nitrogens with one attached hydrogen (secondary N) is 2. The van der Waals surface area contributed by atoms with Gasteiger partial charge in [0, 0.05) is 37.2 Å². The zero-order chi connectivity index (χ0) is 22.2. The van der Waals surface area contributed by atoms with E-state index in [-0.39, 0.29) is 6.04 Å². The molecule has 0 aromatic carbocycles. The first-order chi connectivity index (χ1) is 15.6. The third-order valence-corrected chi connectivity index (χ3v) is 5.68. The lowest BCUT2D eigenvalue weighted by Crippen LogP contribution is -2.29. The Morgan fingerprint density at radius 3 is 2.84 bits per heavy atom.